The highest BCUT2D eigenvalue weighted by Crippen LogP contribution is 2.36. The molecule has 2 aromatic carbocycles. The van der Waals surface area contributed by atoms with Crippen LogP contribution in [0.5, 0.6) is 5.75 Å². The van der Waals surface area contributed by atoms with Gasteiger partial charge in [-0.25, -0.2) is 9.18 Å². The Balaban J connectivity index is 2.16. The summed E-state index contributed by atoms with van der Waals surface area (Å²) in [6.07, 6.45) is -0.295. The quantitative estimate of drug-likeness (QED) is 0.523. The van der Waals surface area contributed by atoms with Gasteiger partial charge in [-0.15, -0.1) is 0 Å². The number of aryl methyl sites for hydroxylation is 1. The van der Waals surface area contributed by atoms with E-state index in [0.717, 1.165) is 12.1 Å². The number of halogens is 1. The summed E-state index contributed by atoms with van der Waals surface area (Å²) in [4.78, 5) is 22.5. The first-order valence-electron chi connectivity index (χ1n) is 7.96. The molecule has 0 radical (unpaired) electrons. The Morgan fingerprint density at radius 2 is 1.96 bits per heavy atom. The molecule has 8 nitrogen and oxygen atoms in total. The highest BCUT2D eigenvalue weighted by atomic mass is 19.1. The maximum atomic E-state index is 14.5. The predicted octanol–water partition coefficient (Wildman–Crippen LogP) is 1.09. The number of phenolic OH excluding ortho intramolecular Hbond substituents is 1. The van der Waals surface area contributed by atoms with Gasteiger partial charge in [0.25, 0.3) is 0 Å². The topological polar surface area (TPSA) is 139 Å². The zero-order valence-electron chi connectivity index (χ0n) is 14.3. The van der Waals surface area contributed by atoms with Gasteiger partial charge >= 0.3 is 11.7 Å². The lowest BCUT2D eigenvalue weighted by Crippen LogP contribution is -2.32. The maximum Gasteiger partial charge on any atom is 0.419 e. The van der Waals surface area contributed by atoms with E-state index in [9.17, 15) is 24.2 Å². The summed E-state index contributed by atoms with van der Waals surface area (Å²) in [5.74, 6) is -2.94. The number of benzene rings is 2. The highest BCUT2D eigenvalue weighted by Gasteiger charge is 2.20. The minimum absolute atomic E-state index is 0.0477. The van der Waals surface area contributed by atoms with Crippen molar-refractivity contribution in [1.29, 1.82) is 0 Å². The summed E-state index contributed by atoms with van der Waals surface area (Å²) in [5, 5.41) is 28.8. The van der Waals surface area contributed by atoms with E-state index in [4.69, 9.17) is 15.3 Å². The third-order valence-corrected chi connectivity index (χ3v) is 4.40. The van der Waals surface area contributed by atoms with E-state index in [1.54, 1.807) is 0 Å². The van der Waals surface area contributed by atoms with Crippen LogP contribution >= 0.6 is 0 Å². The van der Waals surface area contributed by atoms with Crippen LogP contribution in [-0.4, -0.2) is 31.9 Å². The van der Waals surface area contributed by atoms with Gasteiger partial charge in [-0.3, -0.25) is 9.36 Å². The molecule has 142 valence electrons. The van der Waals surface area contributed by atoms with E-state index >= 15 is 0 Å². The van der Waals surface area contributed by atoms with Gasteiger partial charge in [0.15, 0.2) is 5.58 Å². The molecule has 0 fully saturated rings. The molecule has 3 aromatic rings. The molecule has 0 aliphatic carbocycles. The average molecular weight is 376 g/mol. The number of fused-ring (bicyclic) bond motifs is 1. The van der Waals surface area contributed by atoms with Crippen molar-refractivity contribution in [2.24, 2.45) is 12.8 Å². The highest BCUT2D eigenvalue weighted by molar-refractivity contribution is 5.85. The Bertz CT molecular complexity index is 1100. The van der Waals surface area contributed by atoms with E-state index in [1.165, 1.54) is 23.7 Å². The number of aliphatic hydroxyl groups excluding tert-OH is 1. The van der Waals surface area contributed by atoms with Crippen molar-refractivity contribution in [2.75, 3.05) is 0 Å². The fourth-order valence-electron chi connectivity index (χ4n) is 2.90. The van der Waals surface area contributed by atoms with Crippen molar-refractivity contribution in [2.45, 2.75) is 19.1 Å². The molecule has 3 rings (SSSR count). The van der Waals surface area contributed by atoms with Gasteiger partial charge in [-0.1, -0.05) is 0 Å². The standard InChI is InChI=1S/C18H17FN2O6/c1-21-14-6-10(9(7-22)4-16(14)27-18(21)26)11-5-12(19)8(3-15(11)23)2-13(20)17(24)25/h3-6,13,22-23H,2,7,20H2,1H3,(H,24,25). The normalized spacial score (nSPS) is 12.4. The van der Waals surface area contributed by atoms with Crippen LogP contribution in [0.2, 0.25) is 0 Å². The molecular weight excluding hydrogens is 359 g/mol. The molecule has 1 aromatic heterocycles. The molecule has 9 heteroatoms. The van der Waals surface area contributed by atoms with Gasteiger partial charge in [-0.2, -0.15) is 0 Å². The number of hydrogen-bond acceptors (Lipinski definition) is 6. The number of phenols is 1. The van der Waals surface area contributed by atoms with Gasteiger partial charge in [-0.05, 0) is 41.0 Å². The van der Waals surface area contributed by atoms with Crippen molar-refractivity contribution >= 4 is 17.1 Å². The second-order valence-electron chi connectivity index (χ2n) is 6.17. The number of aromatic nitrogens is 1. The van der Waals surface area contributed by atoms with Crippen LogP contribution in [0, 0.1) is 5.82 Å². The lowest BCUT2D eigenvalue weighted by Gasteiger charge is -2.13. The number of nitrogens with zero attached hydrogens (tertiary/aromatic N) is 1. The molecule has 0 saturated carbocycles. The van der Waals surface area contributed by atoms with Crippen LogP contribution < -0.4 is 11.5 Å². The van der Waals surface area contributed by atoms with E-state index in [-0.39, 0.29) is 28.9 Å². The van der Waals surface area contributed by atoms with E-state index in [2.05, 4.69) is 0 Å². The lowest BCUT2D eigenvalue weighted by molar-refractivity contribution is -0.138. The van der Waals surface area contributed by atoms with Gasteiger partial charge in [0, 0.05) is 19.0 Å². The van der Waals surface area contributed by atoms with Crippen LogP contribution in [0.15, 0.2) is 33.5 Å². The predicted molar refractivity (Wildman–Crippen MR) is 93.8 cm³/mol. The number of hydrogen-bond donors (Lipinski definition) is 4. The molecule has 1 atom stereocenters. The van der Waals surface area contributed by atoms with Crippen molar-refractivity contribution < 1.29 is 28.9 Å². The Morgan fingerprint density at radius 3 is 2.59 bits per heavy atom. The number of aliphatic carboxylic acids is 1. The van der Waals surface area contributed by atoms with Crippen molar-refractivity contribution in [1.82, 2.24) is 4.57 Å². The third kappa shape index (κ3) is 3.29. The number of aliphatic hydroxyl groups is 1. The van der Waals surface area contributed by atoms with Gasteiger partial charge in [0.1, 0.15) is 17.6 Å². The monoisotopic (exact) mass is 376 g/mol. The summed E-state index contributed by atoms with van der Waals surface area (Å²) < 4.78 is 20.8. The fraction of sp³-hybridized carbons (Fsp3) is 0.222. The first kappa shape index (κ1) is 18.6. The van der Waals surface area contributed by atoms with Crippen LogP contribution in [0.25, 0.3) is 22.2 Å². The Kier molecular flexibility index (Phi) is 4.73. The molecule has 0 aliphatic heterocycles. The minimum Gasteiger partial charge on any atom is -0.507 e. The molecule has 0 saturated heterocycles. The second kappa shape index (κ2) is 6.86. The number of rotatable bonds is 5. The average Bonchev–Trinajstić information content (AvgIpc) is 2.90. The van der Waals surface area contributed by atoms with Crippen molar-refractivity contribution in [3.8, 4) is 16.9 Å². The van der Waals surface area contributed by atoms with E-state index in [1.807, 2.05) is 0 Å². The summed E-state index contributed by atoms with van der Waals surface area (Å²) in [6.45, 7) is -0.434. The third-order valence-electron chi connectivity index (χ3n) is 4.40. The zero-order chi connectivity index (χ0) is 19.9. The Morgan fingerprint density at radius 1 is 1.26 bits per heavy atom. The first-order valence-corrected chi connectivity index (χ1v) is 7.96. The summed E-state index contributed by atoms with van der Waals surface area (Å²) in [6, 6.07) is 3.78. The molecule has 0 bridgehead atoms. The van der Waals surface area contributed by atoms with Gasteiger partial charge < -0.3 is 25.5 Å². The molecule has 0 spiro atoms. The smallest absolute Gasteiger partial charge is 0.419 e. The van der Waals surface area contributed by atoms with Crippen LogP contribution in [0.1, 0.15) is 11.1 Å². The first-order chi connectivity index (χ1) is 12.7. The minimum atomic E-state index is -1.31. The molecule has 5 N–H and O–H groups in total. The van der Waals surface area contributed by atoms with Crippen molar-refractivity contribution in [3.05, 3.63) is 51.8 Å². The summed E-state index contributed by atoms with van der Waals surface area (Å²) in [7, 11) is 1.49. The van der Waals surface area contributed by atoms with Crippen LogP contribution in [0.3, 0.4) is 0 Å². The second-order valence-corrected chi connectivity index (χ2v) is 6.17. The summed E-state index contributed by atoms with van der Waals surface area (Å²) >= 11 is 0. The number of carboxylic acids is 1. The summed E-state index contributed by atoms with van der Waals surface area (Å²) in [5.41, 5.74) is 6.74. The van der Waals surface area contributed by atoms with Crippen molar-refractivity contribution in [3.63, 3.8) is 0 Å². The Labute approximate surface area is 151 Å². The molecule has 1 unspecified atom stereocenters. The SMILES string of the molecule is Cn1c(=O)oc2cc(CO)c(-c3cc(F)c(CC(N)C(=O)O)cc3O)cc21. The van der Waals surface area contributed by atoms with Crippen LogP contribution in [-0.2, 0) is 24.9 Å². The molecule has 0 amide bonds. The molecular formula is C18H17FN2O6. The molecule has 1 heterocycles. The van der Waals surface area contributed by atoms with Gasteiger partial charge in [0.05, 0.1) is 12.1 Å². The maximum absolute atomic E-state index is 14.5. The number of nitrogens with two attached hydrogens (primary N) is 1. The Hall–Kier alpha value is -3.17. The number of aromatic hydroxyl groups is 1. The fourth-order valence-corrected chi connectivity index (χ4v) is 2.90. The number of oxazole rings is 1. The van der Waals surface area contributed by atoms with E-state index in [0.29, 0.717) is 16.6 Å². The number of carboxylic acid groups (broad SMARTS) is 1. The van der Waals surface area contributed by atoms with E-state index < -0.39 is 30.2 Å². The number of carbonyl (C=O) groups is 1. The van der Waals surface area contributed by atoms with Crippen LogP contribution in [0.4, 0.5) is 4.39 Å². The lowest BCUT2D eigenvalue weighted by atomic mass is 9.95. The molecule has 27 heavy (non-hydrogen) atoms. The molecule has 0 aliphatic rings. The van der Waals surface area contributed by atoms with Gasteiger partial charge in [0.2, 0.25) is 0 Å². The largest absolute Gasteiger partial charge is 0.507 e. The zero-order valence-corrected chi connectivity index (χ0v) is 14.3.